The van der Waals surface area contributed by atoms with Crippen LogP contribution in [-0.4, -0.2) is 72.9 Å². The smallest absolute Gasteiger partial charge is 0.338 e. The molecule has 0 bridgehead atoms. The molecule has 2 aliphatic heterocycles. The highest BCUT2D eigenvalue weighted by atomic mass is 16.5. The Bertz CT molecular complexity index is 881. The lowest BCUT2D eigenvalue weighted by atomic mass is 10.0. The van der Waals surface area contributed by atoms with Gasteiger partial charge in [-0.1, -0.05) is 12.7 Å². The molecule has 1 aromatic rings. The molecule has 2 saturated heterocycles. The van der Waals surface area contributed by atoms with Crippen LogP contribution < -0.4 is 0 Å². The van der Waals surface area contributed by atoms with Crippen molar-refractivity contribution in [1.82, 2.24) is 9.80 Å². The summed E-state index contributed by atoms with van der Waals surface area (Å²) in [6.07, 6.45) is 5.61. The average molecular weight is 443 g/mol. The van der Waals surface area contributed by atoms with Crippen LogP contribution in [-0.2, 0) is 19.1 Å². The van der Waals surface area contributed by atoms with Gasteiger partial charge in [0.15, 0.2) is 0 Å². The van der Waals surface area contributed by atoms with E-state index in [1.807, 2.05) is 0 Å². The lowest BCUT2D eigenvalue weighted by Crippen LogP contribution is -2.26. The van der Waals surface area contributed by atoms with Gasteiger partial charge in [0.05, 0.1) is 24.3 Å². The predicted molar refractivity (Wildman–Crippen MR) is 118 cm³/mol. The van der Waals surface area contributed by atoms with Crippen molar-refractivity contribution >= 4 is 29.8 Å². The molecular formula is C24H30N2O6. The molecule has 172 valence electrons. The highest BCUT2D eigenvalue weighted by Crippen LogP contribution is 2.17. The van der Waals surface area contributed by atoms with E-state index in [0.29, 0.717) is 55.5 Å². The number of amides is 2. The Morgan fingerprint density at radius 1 is 0.906 bits per heavy atom. The molecule has 2 fully saturated rings. The van der Waals surface area contributed by atoms with Crippen LogP contribution in [0.3, 0.4) is 0 Å². The van der Waals surface area contributed by atoms with E-state index in [0.717, 1.165) is 25.9 Å². The van der Waals surface area contributed by atoms with Crippen molar-refractivity contribution in [2.24, 2.45) is 0 Å². The Kier molecular flexibility index (Phi) is 8.41. The van der Waals surface area contributed by atoms with Crippen LogP contribution in [0.1, 0.15) is 64.8 Å². The largest absolute Gasteiger partial charge is 0.462 e. The Hall–Kier alpha value is -3.16. The summed E-state index contributed by atoms with van der Waals surface area (Å²) in [5.74, 6) is -0.685. The molecular weight excluding hydrogens is 412 g/mol. The van der Waals surface area contributed by atoms with E-state index in [2.05, 4.69) is 6.58 Å². The van der Waals surface area contributed by atoms with Gasteiger partial charge in [-0.15, -0.1) is 0 Å². The van der Waals surface area contributed by atoms with E-state index < -0.39 is 11.9 Å². The fourth-order valence-electron chi connectivity index (χ4n) is 3.93. The van der Waals surface area contributed by atoms with Crippen molar-refractivity contribution in [2.45, 2.75) is 38.5 Å². The van der Waals surface area contributed by atoms with Crippen molar-refractivity contribution in [2.75, 3.05) is 39.4 Å². The van der Waals surface area contributed by atoms with E-state index in [1.54, 1.807) is 15.9 Å². The number of esters is 2. The van der Waals surface area contributed by atoms with Crippen molar-refractivity contribution in [3.05, 3.63) is 41.5 Å². The first-order valence-corrected chi connectivity index (χ1v) is 11.2. The van der Waals surface area contributed by atoms with Crippen LogP contribution >= 0.6 is 0 Å². The molecule has 0 aromatic heterocycles. The Balaban J connectivity index is 1.44. The SMILES string of the molecule is C=Cc1cc(C(=O)OCCCN2CCCC2=O)ccc1C(=O)OCCCN1CCCC1=O. The van der Waals surface area contributed by atoms with Gasteiger partial charge in [-0.3, -0.25) is 9.59 Å². The molecule has 2 aliphatic rings. The maximum atomic E-state index is 12.4. The minimum absolute atomic E-state index is 0.150. The molecule has 0 spiro atoms. The molecule has 0 N–H and O–H groups in total. The Morgan fingerprint density at radius 3 is 1.97 bits per heavy atom. The summed E-state index contributed by atoms with van der Waals surface area (Å²) in [5.41, 5.74) is 1.13. The van der Waals surface area contributed by atoms with Gasteiger partial charge < -0.3 is 19.3 Å². The normalized spacial score (nSPS) is 15.9. The molecule has 0 radical (unpaired) electrons. The van der Waals surface area contributed by atoms with Gasteiger partial charge in [0.1, 0.15) is 0 Å². The van der Waals surface area contributed by atoms with Crippen molar-refractivity contribution in [3.63, 3.8) is 0 Å². The van der Waals surface area contributed by atoms with Crippen LogP contribution in [0.2, 0.25) is 0 Å². The predicted octanol–water partition coefficient (Wildman–Crippen LogP) is 2.67. The minimum Gasteiger partial charge on any atom is -0.462 e. The number of ether oxygens (including phenoxy) is 2. The fourth-order valence-corrected chi connectivity index (χ4v) is 3.93. The maximum Gasteiger partial charge on any atom is 0.338 e. The third kappa shape index (κ3) is 6.18. The van der Waals surface area contributed by atoms with Gasteiger partial charge in [-0.25, -0.2) is 9.59 Å². The van der Waals surface area contributed by atoms with Crippen LogP contribution in [0.4, 0.5) is 0 Å². The van der Waals surface area contributed by atoms with E-state index in [9.17, 15) is 19.2 Å². The number of likely N-dealkylation sites (tertiary alicyclic amines) is 2. The molecule has 32 heavy (non-hydrogen) atoms. The molecule has 1 aromatic carbocycles. The summed E-state index contributed by atoms with van der Waals surface area (Å²) in [6, 6.07) is 4.61. The van der Waals surface area contributed by atoms with Crippen molar-refractivity contribution in [1.29, 1.82) is 0 Å². The summed E-state index contributed by atoms with van der Waals surface area (Å²) >= 11 is 0. The summed E-state index contributed by atoms with van der Waals surface area (Å²) in [6.45, 7) is 6.84. The molecule has 0 unspecified atom stereocenters. The topological polar surface area (TPSA) is 93.2 Å². The summed E-state index contributed by atoms with van der Waals surface area (Å²) in [5, 5.41) is 0. The monoisotopic (exact) mass is 442 g/mol. The second kappa shape index (κ2) is 11.5. The number of carbonyl (C=O) groups is 4. The van der Waals surface area contributed by atoms with E-state index in [4.69, 9.17) is 9.47 Å². The highest BCUT2D eigenvalue weighted by molar-refractivity contribution is 5.97. The maximum absolute atomic E-state index is 12.4. The molecule has 3 rings (SSSR count). The zero-order chi connectivity index (χ0) is 22.9. The first-order chi connectivity index (χ1) is 15.5. The van der Waals surface area contributed by atoms with Crippen LogP contribution in [0, 0.1) is 0 Å². The lowest BCUT2D eigenvalue weighted by Gasteiger charge is -2.15. The fraction of sp³-hybridized carbons (Fsp3) is 0.500. The second-order valence-electron chi connectivity index (χ2n) is 7.95. The molecule has 2 heterocycles. The molecule has 2 amide bonds. The first kappa shape index (κ1) is 23.5. The third-order valence-electron chi connectivity index (χ3n) is 5.68. The zero-order valence-corrected chi connectivity index (χ0v) is 18.3. The zero-order valence-electron chi connectivity index (χ0n) is 18.3. The average Bonchev–Trinajstić information content (AvgIpc) is 3.40. The van der Waals surface area contributed by atoms with Gasteiger partial charge >= 0.3 is 11.9 Å². The molecule has 8 nitrogen and oxygen atoms in total. The van der Waals surface area contributed by atoms with Crippen LogP contribution in [0.5, 0.6) is 0 Å². The standard InChI is InChI=1S/C24H30N2O6/c1-2-18-17-19(23(29)31-15-5-13-25-11-3-7-21(25)27)9-10-20(18)24(30)32-16-6-14-26-12-4-8-22(26)28/h2,9-10,17H,1,3-8,11-16H2. The molecule has 8 heteroatoms. The highest BCUT2D eigenvalue weighted by Gasteiger charge is 2.21. The van der Waals surface area contributed by atoms with Crippen molar-refractivity contribution in [3.8, 4) is 0 Å². The molecule has 0 saturated carbocycles. The number of rotatable bonds is 11. The van der Waals surface area contributed by atoms with Gasteiger partial charge in [0.25, 0.3) is 0 Å². The number of nitrogens with zero attached hydrogens (tertiary/aromatic N) is 2. The quantitative estimate of drug-likeness (QED) is 0.386. The Labute approximate surface area is 188 Å². The number of benzene rings is 1. The van der Waals surface area contributed by atoms with Gasteiger partial charge in [0.2, 0.25) is 11.8 Å². The first-order valence-electron chi connectivity index (χ1n) is 11.2. The molecule has 0 atom stereocenters. The molecule has 0 aliphatic carbocycles. The Morgan fingerprint density at radius 2 is 1.47 bits per heavy atom. The second-order valence-corrected chi connectivity index (χ2v) is 7.95. The lowest BCUT2D eigenvalue weighted by molar-refractivity contribution is -0.128. The summed E-state index contributed by atoms with van der Waals surface area (Å²) < 4.78 is 10.6. The minimum atomic E-state index is -0.497. The van der Waals surface area contributed by atoms with Crippen molar-refractivity contribution < 1.29 is 28.7 Å². The number of hydrogen-bond acceptors (Lipinski definition) is 6. The van der Waals surface area contributed by atoms with Crippen LogP contribution in [0.25, 0.3) is 6.08 Å². The number of carbonyl (C=O) groups excluding carboxylic acids is 4. The van der Waals surface area contributed by atoms with Crippen LogP contribution in [0.15, 0.2) is 24.8 Å². The van der Waals surface area contributed by atoms with Gasteiger partial charge in [-0.05, 0) is 49.4 Å². The van der Waals surface area contributed by atoms with Gasteiger partial charge in [0, 0.05) is 39.0 Å². The van der Waals surface area contributed by atoms with Gasteiger partial charge in [-0.2, -0.15) is 0 Å². The summed E-state index contributed by atoms with van der Waals surface area (Å²) in [7, 11) is 0. The van der Waals surface area contributed by atoms with E-state index in [1.165, 1.54) is 18.2 Å². The van der Waals surface area contributed by atoms with E-state index in [-0.39, 0.29) is 25.0 Å². The third-order valence-corrected chi connectivity index (χ3v) is 5.68. The van der Waals surface area contributed by atoms with E-state index >= 15 is 0 Å². The number of hydrogen-bond donors (Lipinski definition) is 0. The summed E-state index contributed by atoms with van der Waals surface area (Å²) in [4.78, 5) is 51.5.